The second-order valence-electron chi connectivity index (χ2n) is 3.04. The highest BCUT2D eigenvalue weighted by Gasteiger charge is 2.49. The second kappa shape index (κ2) is 3.05. The SMILES string of the molecule is CN1CCC(C(F)(F)F)C1C=O. The van der Waals surface area contributed by atoms with Crippen molar-refractivity contribution in [3.63, 3.8) is 0 Å². The first-order chi connectivity index (χ1) is 5.46. The molecule has 2 nitrogen and oxygen atoms in total. The first-order valence-corrected chi connectivity index (χ1v) is 3.69. The normalized spacial score (nSPS) is 32.3. The topological polar surface area (TPSA) is 20.3 Å². The van der Waals surface area contributed by atoms with E-state index < -0.39 is 18.1 Å². The molecule has 2 atom stereocenters. The molecule has 0 spiro atoms. The summed E-state index contributed by atoms with van der Waals surface area (Å²) in [5.41, 5.74) is 0. The van der Waals surface area contributed by atoms with Crippen LogP contribution in [0.25, 0.3) is 0 Å². The van der Waals surface area contributed by atoms with E-state index >= 15 is 0 Å². The van der Waals surface area contributed by atoms with Crippen LogP contribution in [0.4, 0.5) is 13.2 Å². The predicted octanol–water partition coefficient (Wildman–Crippen LogP) is 1.07. The number of carbonyl (C=O) groups is 1. The van der Waals surface area contributed by atoms with Gasteiger partial charge in [-0.05, 0) is 20.0 Å². The van der Waals surface area contributed by atoms with E-state index in [1.165, 1.54) is 11.9 Å². The maximum Gasteiger partial charge on any atom is 0.393 e. The highest BCUT2D eigenvalue weighted by atomic mass is 19.4. The number of likely N-dealkylation sites (N-methyl/N-ethyl adjacent to an activating group) is 1. The lowest BCUT2D eigenvalue weighted by atomic mass is 10.0. The smallest absolute Gasteiger partial charge is 0.302 e. The minimum Gasteiger partial charge on any atom is -0.302 e. The van der Waals surface area contributed by atoms with Crippen molar-refractivity contribution in [2.24, 2.45) is 5.92 Å². The lowest BCUT2D eigenvalue weighted by Crippen LogP contribution is -2.37. The molecule has 1 saturated heterocycles. The Hall–Kier alpha value is -0.580. The molecule has 0 aliphatic carbocycles. The number of alkyl halides is 3. The van der Waals surface area contributed by atoms with E-state index in [0.29, 0.717) is 12.8 Å². The van der Waals surface area contributed by atoms with Crippen LogP contribution in [0.1, 0.15) is 6.42 Å². The third-order valence-electron chi connectivity index (χ3n) is 2.27. The van der Waals surface area contributed by atoms with Crippen molar-refractivity contribution in [1.82, 2.24) is 4.90 Å². The third-order valence-corrected chi connectivity index (χ3v) is 2.27. The minimum absolute atomic E-state index is 0.0312. The average molecular weight is 181 g/mol. The van der Waals surface area contributed by atoms with E-state index in [-0.39, 0.29) is 6.42 Å². The fourth-order valence-electron chi connectivity index (χ4n) is 1.53. The van der Waals surface area contributed by atoms with Gasteiger partial charge in [0.05, 0.1) is 12.0 Å². The van der Waals surface area contributed by atoms with Crippen LogP contribution in [-0.4, -0.2) is 37.0 Å². The molecule has 1 rings (SSSR count). The van der Waals surface area contributed by atoms with E-state index in [1.54, 1.807) is 0 Å². The second-order valence-corrected chi connectivity index (χ2v) is 3.04. The van der Waals surface area contributed by atoms with Gasteiger partial charge < -0.3 is 4.79 Å². The first-order valence-electron chi connectivity index (χ1n) is 3.69. The molecule has 5 heteroatoms. The van der Waals surface area contributed by atoms with Gasteiger partial charge in [0.15, 0.2) is 0 Å². The Morgan fingerprint density at radius 2 is 2.08 bits per heavy atom. The Balaban J connectivity index is 2.73. The number of nitrogens with zero attached hydrogens (tertiary/aromatic N) is 1. The molecular weight excluding hydrogens is 171 g/mol. The number of carbonyl (C=O) groups excluding carboxylic acids is 1. The number of halogens is 3. The number of rotatable bonds is 1. The fraction of sp³-hybridized carbons (Fsp3) is 0.857. The van der Waals surface area contributed by atoms with Crippen LogP contribution in [0, 0.1) is 5.92 Å². The summed E-state index contributed by atoms with van der Waals surface area (Å²) in [7, 11) is 1.53. The minimum atomic E-state index is -4.24. The maximum atomic E-state index is 12.2. The van der Waals surface area contributed by atoms with Crippen LogP contribution in [0.15, 0.2) is 0 Å². The Morgan fingerprint density at radius 1 is 1.50 bits per heavy atom. The summed E-state index contributed by atoms with van der Waals surface area (Å²) >= 11 is 0. The van der Waals surface area contributed by atoms with Gasteiger partial charge in [0.1, 0.15) is 6.29 Å². The molecule has 70 valence electrons. The third kappa shape index (κ3) is 1.60. The van der Waals surface area contributed by atoms with Crippen molar-refractivity contribution in [3.8, 4) is 0 Å². The van der Waals surface area contributed by atoms with Gasteiger partial charge in [-0.2, -0.15) is 13.2 Å². The number of hydrogen-bond acceptors (Lipinski definition) is 2. The lowest BCUT2D eigenvalue weighted by Gasteiger charge is -2.20. The zero-order chi connectivity index (χ0) is 9.35. The quantitative estimate of drug-likeness (QED) is 0.564. The zero-order valence-corrected chi connectivity index (χ0v) is 6.64. The van der Waals surface area contributed by atoms with E-state index in [0.717, 1.165) is 0 Å². The number of likely N-dealkylation sites (tertiary alicyclic amines) is 1. The molecular formula is C7H10F3NO. The van der Waals surface area contributed by atoms with Crippen LogP contribution in [0.2, 0.25) is 0 Å². The largest absolute Gasteiger partial charge is 0.393 e. The number of hydrogen-bond donors (Lipinski definition) is 0. The molecule has 1 fully saturated rings. The van der Waals surface area contributed by atoms with E-state index in [2.05, 4.69) is 0 Å². The van der Waals surface area contributed by atoms with Gasteiger partial charge in [-0.15, -0.1) is 0 Å². The van der Waals surface area contributed by atoms with Gasteiger partial charge in [0.25, 0.3) is 0 Å². The summed E-state index contributed by atoms with van der Waals surface area (Å²) in [6.45, 7) is 0.341. The molecule has 0 aromatic carbocycles. The summed E-state index contributed by atoms with van der Waals surface area (Å²) < 4.78 is 36.6. The summed E-state index contributed by atoms with van der Waals surface area (Å²) in [5, 5.41) is 0. The Bertz CT molecular complexity index is 180. The van der Waals surface area contributed by atoms with Gasteiger partial charge in [0.2, 0.25) is 0 Å². The van der Waals surface area contributed by atoms with Crippen molar-refractivity contribution in [2.45, 2.75) is 18.6 Å². The summed E-state index contributed by atoms with van der Waals surface area (Å²) in [4.78, 5) is 11.8. The molecule has 0 radical (unpaired) electrons. The molecule has 0 aromatic heterocycles. The van der Waals surface area contributed by atoms with Gasteiger partial charge in [-0.1, -0.05) is 0 Å². The fourth-order valence-corrected chi connectivity index (χ4v) is 1.53. The Morgan fingerprint density at radius 3 is 2.42 bits per heavy atom. The summed E-state index contributed by atoms with van der Waals surface area (Å²) in [6.07, 6.45) is -3.83. The van der Waals surface area contributed by atoms with Crippen molar-refractivity contribution in [3.05, 3.63) is 0 Å². The zero-order valence-electron chi connectivity index (χ0n) is 6.64. The van der Waals surface area contributed by atoms with Gasteiger partial charge in [-0.3, -0.25) is 4.90 Å². The van der Waals surface area contributed by atoms with Crippen molar-refractivity contribution in [2.75, 3.05) is 13.6 Å². The Labute approximate surface area is 68.3 Å². The molecule has 0 bridgehead atoms. The maximum absolute atomic E-state index is 12.2. The van der Waals surface area contributed by atoms with Gasteiger partial charge >= 0.3 is 6.18 Å². The van der Waals surface area contributed by atoms with E-state index in [1.807, 2.05) is 0 Å². The molecule has 0 N–H and O–H groups in total. The molecule has 0 aromatic rings. The predicted molar refractivity (Wildman–Crippen MR) is 36.6 cm³/mol. The monoisotopic (exact) mass is 181 g/mol. The van der Waals surface area contributed by atoms with Crippen LogP contribution >= 0.6 is 0 Å². The molecule has 1 aliphatic heterocycles. The molecule has 1 aliphatic rings. The van der Waals surface area contributed by atoms with Crippen LogP contribution < -0.4 is 0 Å². The molecule has 12 heavy (non-hydrogen) atoms. The number of aldehydes is 1. The first kappa shape index (κ1) is 9.51. The van der Waals surface area contributed by atoms with Gasteiger partial charge in [0, 0.05) is 0 Å². The molecule has 2 unspecified atom stereocenters. The van der Waals surface area contributed by atoms with Gasteiger partial charge in [-0.25, -0.2) is 0 Å². The van der Waals surface area contributed by atoms with Crippen LogP contribution in [-0.2, 0) is 4.79 Å². The highest BCUT2D eigenvalue weighted by molar-refractivity contribution is 5.59. The Kier molecular flexibility index (Phi) is 2.41. The van der Waals surface area contributed by atoms with E-state index in [4.69, 9.17) is 0 Å². The molecule has 0 amide bonds. The van der Waals surface area contributed by atoms with E-state index in [9.17, 15) is 18.0 Å². The molecule has 0 saturated carbocycles. The van der Waals surface area contributed by atoms with Crippen molar-refractivity contribution >= 4 is 6.29 Å². The average Bonchev–Trinajstić information content (AvgIpc) is 2.29. The summed E-state index contributed by atoms with van der Waals surface area (Å²) in [5.74, 6) is -1.47. The summed E-state index contributed by atoms with van der Waals surface area (Å²) in [6, 6.07) is -0.981. The van der Waals surface area contributed by atoms with Crippen LogP contribution in [0.3, 0.4) is 0 Å². The lowest BCUT2D eigenvalue weighted by molar-refractivity contribution is -0.179. The van der Waals surface area contributed by atoms with Crippen LogP contribution in [0.5, 0.6) is 0 Å². The standard InChI is InChI=1S/C7H10F3NO/c1-11-3-2-5(6(11)4-12)7(8,9)10/h4-6H,2-3H2,1H3. The molecule has 1 heterocycles. The van der Waals surface area contributed by atoms with Crippen molar-refractivity contribution in [1.29, 1.82) is 0 Å². The highest BCUT2D eigenvalue weighted by Crippen LogP contribution is 2.36. The van der Waals surface area contributed by atoms with Crippen molar-refractivity contribution < 1.29 is 18.0 Å².